The quantitative estimate of drug-likeness (QED) is 0.254. The number of carbonyl (C=O) groups is 3. The average molecular weight is 606 g/mol. The first-order valence-electron chi connectivity index (χ1n) is 9.48. The molecule has 3 N–H and O–H groups in total. The number of rotatable bonds is 2. The van der Waals surface area contributed by atoms with Crippen molar-refractivity contribution in [3.8, 4) is 0 Å². The van der Waals surface area contributed by atoms with Crippen molar-refractivity contribution in [1.29, 1.82) is 0 Å². The van der Waals surface area contributed by atoms with Crippen LogP contribution in [0.5, 0.6) is 0 Å². The molecule has 0 aliphatic rings. The second-order valence-electron chi connectivity index (χ2n) is 7.45. The number of aliphatic hydroxyl groups is 1. The van der Waals surface area contributed by atoms with Crippen LogP contribution < -0.4 is 0 Å². The van der Waals surface area contributed by atoms with E-state index in [-0.39, 0.29) is 11.4 Å². The molecule has 4 rings (SSSR count). The van der Waals surface area contributed by atoms with E-state index in [1.807, 2.05) is 0 Å². The number of ether oxygens (including phenoxy) is 2. The number of hydrogen-bond acceptors (Lipinski definition) is 8. The van der Waals surface area contributed by atoms with Crippen molar-refractivity contribution >= 4 is 72.1 Å². The number of nitrogens with zero attached hydrogens (tertiary/aromatic N) is 1. The second-order valence-corrected chi connectivity index (χ2v) is 9.02. The van der Waals surface area contributed by atoms with Crippen molar-refractivity contribution in [3.05, 3.63) is 45.0 Å². The smallest absolute Gasteiger partial charge is 0.419 e. The number of hydrogen-bond donors (Lipinski definition) is 3. The standard InChI is InChI=1S/C13H14BrNO5.C7H4BrNO3.CH4O/c1-13(2,3)20-12(17)15-7-6-10(14)19-9(7)5-8(15)11(16)18-4;8-6-2-3-5(12-6)1-4(9-3)7(10)11;1-2/h5-6H,1-4H3;1-2,9H,(H,10,11);2H,1H3. The molecule has 4 aromatic heterocycles. The minimum Gasteiger partial charge on any atom is -0.477 e. The van der Waals surface area contributed by atoms with Gasteiger partial charge in [0.2, 0.25) is 0 Å². The molecule has 184 valence electrons. The number of furan rings is 2. The third-order valence-corrected chi connectivity index (χ3v) is 4.72. The van der Waals surface area contributed by atoms with Crippen LogP contribution in [0, 0.1) is 0 Å². The first-order chi connectivity index (χ1) is 15.9. The molecule has 13 heteroatoms. The number of carboxylic acid groups (broad SMARTS) is 1. The fraction of sp³-hybridized carbons (Fsp3) is 0.286. The summed E-state index contributed by atoms with van der Waals surface area (Å²) in [7, 11) is 2.24. The third kappa shape index (κ3) is 6.30. The van der Waals surface area contributed by atoms with Crippen LogP contribution in [0.15, 0.2) is 42.4 Å². The molecule has 0 fully saturated rings. The maximum absolute atomic E-state index is 12.3. The van der Waals surface area contributed by atoms with Crippen molar-refractivity contribution < 1.29 is 42.9 Å². The molecule has 0 spiro atoms. The van der Waals surface area contributed by atoms with Crippen LogP contribution in [0.25, 0.3) is 22.2 Å². The summed E-state index contributed by atoms with van der Waals surface area (Å²) in [6.45, 7) is 5.23. The Hall–Kier alpha value is -3.03. The Labute approximate surface area is 209 Å². The van der Waals surface area contributed by atoms with Crippen LogP contribution in [0.2, 0.25) is 0 Å². The van der Waals surface area contributed by atoms with Gasteiger partial charge in [-0.25, -0.2) is 19.0 Å². The number of carbonyl (C=O) groups excluding carboxylic acids is 2. The van der Waals surface area contributed by atoms with Crippen LogP contribution >= 0.6 is 31.9 Å². The summed E-state index contributed by atoms with van der Waals surface area (Å²) in [4.78, 5) is 37.2. The van der Waals surface area contributed by atoms with Gasteiger partial charge in [-0.05, 0) is 52.6 Å². The van der Waals surface area contributed by atoms with Crippen LogP contribution in [0.1, 0.15) is 41.7 Å². The van der Waals surface area contributed by atoms with Crippen molar-refractivity contribution in [2.75, 3.05) is 14.2 Å². The normalized spacial score (nSPS) is 10.8. The molecule has 0 amide bonds. The fourth-order valence-corrected chi connectivity index (χ4v) is 3.52. The van der Waals surface area contributed by atoms with E-state index in [9.17, 15) is 14.4 Å². The number of carboxylic acids is 1. The second kappa shape index (κ2) is 10.9. The maximum Gasteiger partial charge on any atom is 0.419 e. The highest BCUT2D eigenvalue weighted by molar-refractivity contribution is 9.10. The van der Waals surface area contributed by atoms with Crippen LogP contribution in [0.4, 0.5) is 4.79 Å². The predicted octanol–water partition coefficient (Wildman–Crippen LogP) is 5.40. The van der Waals surface area contributed by atoms with E-state index in [0.717, 1.165) is 11.7 Å². The van der Waals surface area contributed by atoms with E-state index < -0.39 is 23.6 Å². The Morgan fingerprint density at radius 3 is 2.12 bits per heavy atom. The average Bonchev–Trinajstić information content (AvgIpc) is 3.46. The maximum atomic E-state index is 12.3. The monoisotopic (exact) mass is 604 g/mol. The van der Waals surface area contributed by atoms with Crippen molar-refractivity contribution in [2.24, 2.45) is 0 Å². The Morgan fingerprint density at radius 1 is 1.00 bits per heavy atom. The van der Waals surface area contributed by atoms with Gasteiger partial charge in [-0.3, -0.25) is 0 Å². The molecule has 0 unspecified atom stereocenters. The Morgan fingerprint density at radius 2 is 1.59 bits per heavy atom. The molecular formula is C21H22Br2N2O9. The fourth-order valence-electron chi connectivity index (χ4n) is 2.73. The molecule has 4 heterocycles. The minimum absolute atomic E-state index is 0.0583. The number of aromatic carboxylic acids is 1. The molecule has 11 nitrogen and oxygen atoms in total. The number of H-pyrrole nitrogens is 1. The van der Waals surface area contributed by atoms with Crippen LogP contribution in [-0.2, 0) is 9.47 Å². The number of halogens is 2. The van der Waals surface area contributed by atoms with Gasteiger partial charge >= 0.3 is 18.0 Å². The Balaban J connectivity index is 0.000000248. The van der Waals surface area contributed by atoms with Gasteiger partial charge in [-0.2, -0.15) is 0 Å². The van der Waals surface area contributed by atoms with Gasteiger partial charge in [-0.15, -0.1) is 0 Å². The van der Waals surface area contributed by atoms with Gasteiger partial charge in [0.1, 0.15) is 17.0 Å². The zero-order chi connectivity index (χ0) is 25.8. The summed E-state index contributed by atoms with van der Waals surface area (Å²) < 4.78 is 22.6. The number of aliphatic hydroxyl groups excluding tert-OH is 1. The highest BCUT2D eigenvalue weighted by atomic mass is 79.9. The van der Waals surface area contributed by atoms with Crippen molar-refractivity contribution in [1.82, 2.24) is 9.55 Å². The molecule has 0 radical (unpaired) electrons. The molecule has 0 atom stereocenters. The highest BCUT2D eigenvalue weighted by Crippen LogP contribution is 2.28. The number of nitrogens with one attached hydrogen (secondary N) is 1. The SMILES string of the molecule is CO.COC(=O)c1cc2oc(Br)cc2n1C(=O)OC(C)(C)C.O=C(O)c1cc2oc(Br)cc2[nH]1. The van der Waals surface area contributed by atoms with Gasteiger partial charge in [0.15, 0.2) is 20.5 Å². The third-order valence-electron chi connectivity index (χ3n) is 3.94. The molecule has 0 bridgehead atoms. The molecule has 4 aromatic rings. The molecule has 0 saturated heterocycles. The Kier molecular flexibility index (Phi) is 8.75. The topological polar surface area (TPSA) is 157 Å². The number of methoxy groups -OCH3 is 1. The van der Waals surface area contributed by atoms with Gasteiger partial charge < -0.3 is 33.5 Å². The lowest BCUT2D eigenvalue weighted by Gasteiger charge is -2.20. The lowest BCUT2D eigenvalue weighted by Crippen LogP contribution is -2.28. The van der Waals surface area contributed by atoms with E-state index in [2.05, 4.69) is 41.6 Å². The summed E-state index contributed by atoms with van der Waals surface area (Å²) in [5.41, 5.74) is 1.56. The summed E-state index contributed by atoms with van der Waals surface area (Å²) in [6, 6.07) is 6.16. The number of aromatic amines is 1. The van der Waals surface area contributed by atoms with Crippen LogP contribution in [-0.4, -0.2) is 57.6 Å². The van der Waals surface area contributed by atoms with Crippen molar-refractivity contribution in [3.63, 3.8) is 0 Å². The zero-order valence-corrected chi connectivity index (χ0v) is 21.9. The first-order valence-corrected chi connectivity index (χ1v) is 11.1. The molecule has 0 aromatic carbocycles. The molecule has 0 aliphatic heterocycles. The van der Waals surface area contributed by atoms with E-state index in [4.69, 9.17) is 23.8 Å². The van der Waals surface area contributed by atoms with Crippen LogP contribution in [0.3, 0.4) is 0 Å². The van der Waals surface area contributed by atoms with E-state index in [0.29, 0.717) is 31.5 Å². The van der Waals surface area contributed by atoms with Gasteiger partial charge in [0.25, 0.3) is 0 Å². The predicted molar refractivity (Wildman–Crippen MR) is 128 cm³/mol. The lowest BCUT2D eigenvalue weighted by atomic mass is 10.2. The summed E-state index contributed by atoms with van der Waals surface area (Å²) >= 11 is 6.31. The molecule has 34 heavy (non-hydrogen) atoms. The molecular weight excluding hydrogens is 584 g/mol. The largest absolute Gasteiger partial charge is 0.477 e. The molecule has 0 saturated carbocycles. The summed E-state index contributed by atoms with van der Waals surface area (Å²) in [6.07, 6.45) is -0.666. The molecule has 0 aliphatic carbocycles. The zero-order valence-electron chi connectivity index (χ0n) is 18.8. The number of fused-ring (bicyclic) bond motifs is 2. The lowest BCUT2D eigenvalue weighted by molar-refractivity contribution is 0.0489. The summed E-state index contributed by atoms with van der Waals surface area (Å²) in [5.74, 6) is -1.63. The Bertz CT molecular complexity index is 1290. The van der Waals surface area contributed by atoms with Gasteiger partial charge in [0.05, 0.1) is 18.1 Å². The van der Waals surface area contributed by atoms with E-state index in [1.54, 1.807) is 32.9 Å². The number of esters is 1. The highest BCUT2D eigenvalue weighted by Gasteiger charge is 2.27. The van der Waals surface area contributed by atoms with E-state index in [1.165, 1.54) is 19.2 Å². The summed E-state index contributed by atoms with van der Waals surface area (Å²) in [5, 5.41) is 15.6. The number of aromatic nitrogens is 2. The minimum atomic E-state index is -0.988. The van der Waals surface area contributed by atoms with Crippen molar-refractivity contribution in [2.45, 2.75) is 26.4 Å². The first kappa shape index (κ1) is 27.2. The van der Waals surface area contributed by atoms with Gasteiger partial charge in [-0.1, -0.05) is 0 Å². The van der Waals surface area contributed by atoms with E-state index >= 15 is 0 Å². The van der Waals surface area contributed by atoms with Gasteiger partial charge in [0, 0.05) is 31.4 Å².